The van der Waals surface area contributed by atoms with E-state index in [-0.39, 0.29) is 5.97 Å². The van der Waals surface area contributed by atoms with Crippen molar-refractivity contribution in [2.45, 2.75) is 53.2 Å². The number of hydroxylamine groups is 1. The Labute approximate surface area is 122 Å². The van der Waals surface area contributed by atoms with Crippen LogP contribution < -0.4 is 5.48 Å². The highest BCUT2D eigenvalue weighted by Gasteiger charge is 2.15. The lowest BCUT2D eigenvalue weighted by Crippen LogP contribution is -2.26. The minimum atomic E-state index is -0.429. The molecule has 0 heterocycles. The molecule has 0 radical (unpaired) electrons. The van der Waals surface area contributed by atoms with Gasteiger partial charge in [-0.15, -0.1) is 0 Å². The van der Waals surface area contributed by atoms with Crippen LogP contribution in [0.25, 0.3) is 0 Å². The Morgan fingerprint density at radius 2 is 1.75 bits per heavy atom. The molecule has 0 unspecified atom stereocenters. The lowest BCUT2D eigenvalue weighted by atomic mass is 10.2. The van der Waals surface area contributed by atoms with Crippen molar-refractivity contribution in [2.24, 2.45) is 0 Å². The maximum Gasteiger partial charge on any atom is 0.307 e. The van der Waals surface area contributed by atoms with Gasteiger partial charge in [0, 0.05) is 6.54 Å². The number of esters is 1. The number of rotatable bonds is 6. The zero-order chi connectivity index (χ0) is 15.4. The van der Waals surface area contributed by atoms with Crippen molar-refractivity contribution in [1.82, 2.24) is 5.48 Å². The average molecular weight is 281 g/mol. The van der Waals surface area contributed by atoms with Crippen LogP contribution in [0.15, 0.2) is 30.3 Å². The summed E-state index contributed by atoms with van der Waals surface area (Å²) in [5.74, 6) is -0.224. The molecule has 0 fully saturated rings. The van der Waals surface area contributed by atoms with E-state index in [0.29, 0.717) is 19.6 Å². The monoisotopic (exact) mass is 281 g/mol. The van der Waals surface area contributed by atoms with Gasteiger partial charge >= 0.3 is 5.97 Å². The number of ether oxygens (including phenoxy) is 1. The summed E-state index contributed by atoms with van der Waals surface area (Å²) in [5.41, 5.74) is 3.41. The maximum absolute atomic E-state index is 11.4. The van der Waals surface area contributed by atoms with Crippen LogP contribution in [0.3, 0.4) is 0 Å². The maximum atomic E-state index is 11.4. The van der Waals surface area contributed by atoms with Crippen LogP contribution in [0.4, 0.5) is 0 Å². The third-order valence-corrected chi connectivity index (χ3v) is 2.03. The van der Waals surface area contributed by atoms with E-state index < -0.39 is 5.60 Å². The van der Waals surface area contributed by atoms with Gasteiger partial charge in [-0.25, -0.2) is 5.48 Å². The standard InChI is InChI=1S/C14H21NO3.C2H6/c1-14(2,3)18-13(16)9-10-15-17-11-12-7-5-4-6-8-12;1-2/h4-8,15H,9-11H2,1-3H3;1-2H3. The summed E-state index contributed by atoms with van der Waals surface area (Å²) in [6.07, 6.45) is 0.298. The molecule has 0 saturated carbocycles. The van der Waals surface area contributed by atoms with E-state index in [2.05, 4.69) is 5.48 Å². The smallest absolute Gasteiger partial charge is 0.307 e. The Morgan fingerprint density at radius 3 is 2.30 bits per heavy atom. The summed E-state index contributed by atoms with van der Waals surface area (Å²) >= 11 is 0. The second-order valence-corrected chi connectivity index (χ2v) is 5.01. The number of nitrogens with one attached hydrogen (secondary N) is 1. The second kappa shape index (κ2) is 10.4. The van der Waals surface area contributed by atoms with Crippen molar-refractivity contribution in [1.29, 1.82) is 0 Å². The van der Waals surface area contributed by atoms with Crippen LogP contribution in [0.1, 0.15) is 46.6 Å². The van der Waals surface area contributed by atoms with Crippen molar-refractivity contribution in [2.75, 3.05) is 6.54 Å². The van der Waals surface area contributed by atoms with Crippen molar-refractivity contribution >= 4 is 5.97 Å². The SMILES string of the molecule is CC.CC(C)(C)OC(=O)CCNOCc1ccccc1. The van der Waals surface area contributed by atoms with Crippen LogP contribution in [0.2, 0.25) is 0 Å². The van der Waals surface area contributed by atoms with Gasteiger partial charge in [0.25, 0.3) is 0 Å². The summed E-state index contributed by atoms with van der Waals surface area (Å²) in [6.45, 7) is 10.5. The van der Waals surface area contributed by atoms with Gasteiger partial charge in [0.05, 0.1) is 13.0 Å². The summed E-state index contributed by atoms with van der Waals surface area (Å²) in [5, 5.41) is 0. The van der Waals surface area contributed by atoms with E-state index >= 15 is 0 Å². The predicted molar refractivity (Wildman–Crippen MR) is 81.0 cm³/mol. The Bertz CT molecular complexity index is 358. The van der Waals surface area contributed by atoms with Crippen molar-refractivity contribution in [3.05, 3.63) is 35.9 Å². The van der Waals surface area contributed by atoms with Gasteiger partial charge in [-0.3, -0.25) is 9.63 Å². The van der Waals surface area contributed by atoms with Gasteiger partial charge < -0.3 is 4.74 Å². The first kappa shape index (κ1) is 18.6. The summed E-state index contributed by atoms with van der Waals surface area (Å²) in [6, 6.07) is 9.84. The molecule has 0 atom stereocenters. The molecule has 0 spiro atoms. The number of carbonyl (C=O) groups is 1. The fourth-order valence-corrected chi connectivity index (χ4v) is 1.33. The molecule has 1 aromatic carbocycles. The van der Waals surface area contributed by atoms with E-state index in [1.807, 2.05) is 65.0 Å². The van der Waals surface area contributed by atoms with Crippen LogP contribution in [0.5, 0.6) is 0 Å². The van der Waals surface area contributed by atoms with E-state index in [1.165, 1.54) is 0 Å². The lowest BCUT2D eigenvalue weighted by Gasteiger charge is -2.19. The first-order valence-electron chi connectivity index (χ1n) is 7.08. The molecule has 0 aliphatic rings. The van der Waals surface area contributed by atoms with Gasteiger partial charge in [-0.05, 0) is 26.3 Å². The van der Waals surface area contributed by atoms with Crippen LogP contribution in [-0.4, -0.2) is 18.1 Å². The molecule has 4 heteroatoms. The lowest BCUT2D eigenvalue weighted by molar-refractivity contribution is -0.155. The molecule has 0 aliphatic heterocycles. The number of benzene rings is 1. The third kappa shape index (κ3) is 10.5. The minimum absolute atomic E-state index is 0.224. The molecular weight excluding hydrogens is 254 g/mol. The molecule has 114 valence electrons. The highest BCUT2D eigenvalue weighted by molar-refractivity contribution is 5.70. The van der Waals surface area contributed by atoms with E-state index in [9.17, 15) is 4.79 Å². The van der Waals surface area contributed by atoms with E-state index in [0.717, 1.165) is 5.56 Å². The molecule has 1 N–H and O–H groups in total. The number of hydrogen-bond donors (Lipinski definition) is 1. The predicted octanol–water partition coefficient (Wildman–Crippen LogP) is 3.47. The highest BCUT2D eigenvalue weighted by Crippen LogP contribution is 2.07. The molecule has 1 rings (SSSR count). The fourth-order valence-electron chi connectivity index (χ4n) is 1.33. The highest BCUT2D eigenvalue weighted by atomic mass is 16.6. The second-order valence-electron chi connectivity index (χ2n) is 5.01. The zero-order valence-corrected chi connectivity index (χ0v) is 13.2. The van der Waals surface area contributed by atoms with Crippen molar-refractivity contribution in [3.8, 4) is 0 Å². The molecule has 0 amide bonds. The van der Waals surface area contributed by atoms with E-state index in [1.54, 1.807) is 0 Å². The number of carbonyl (C=O) groups excluding carboxylic acids is 1. The minimum Gasteiger partial charge on any atom is -0.460 e. The van der Waals surface area contributed by atoms with Gasteiger partial charge in [0.1, 0.15) is 5.60 Å². The topological polar surface area (TPSA) is 47.6 Å². The Kier molecular flexibility index (Phi) is 9.68. The molecule has 4 nitrogen and oxygen atoms in total. The van der Waals surface area contributed by atoms with Gasteiger partial charge in [-0.2, -0.15) is 0 Å². The van der Waals surface area contributed by atoms with Gasteiger partial charge in [0.2, 0.25) is 0 Å². The van der Waals surface area contributed by atoms with Crippen LogP contribution in [-0.2, 0) is 21.0 Å². The first-order chi connectivity index (χ1) is 9.47. The molecule has 0 bridgehead atoms. The Hall–Kier alpha value is -1.39. The molecule has 0 aromatic heterocycles. The molecular formula is C16H27NO3. The van der Waals surface area contributed by atoms with E-state index in [4.69, 9.17) is 9.57 Å². The quantitative estimate of drug-likeness (QED) is 0.493. The van der Waals surface area contributed by atoms with Crippen molar-refractivity contribution < 1.29 is 14.4 Å². The van der Waals surface area contributed by atoms with Crippen LogP contribution in [0, 0.1) is 0 Å². The number of hydrogen-bond acceptors (Lipinski definition) is 4. The normalized spacial score (nSPS) is 10.4. The fraction of sp³-hybridized carbons (Fsp3) is 0.562. The molecule has 20 heavy (non-hydrogen) atoms. The molecule has 0 saturated heterocycles. The van der Waals surface area contributed by atoms with Gasteiger partial charge in [0.15, 0.2) is 0 Å². The largest absolute Gasteiger partial charge is 0.460 e. The third-order valence-electron chi connectivity index (χ3n) is 2.03. The summed E-state index contributed by atoms with van der Waals surface area (Å²) in [4.78, 5) is 16.6. The zero-order valence-electron chi connectivity index (χ0n) is 13.2. The first-order valence-corrected chi connectivity index (χ1v) is 7.08. The summed E-state index contributed by atoms with van der Waals surface area (Å²) < 4.78 is 5.17. The van der Waals surface area contributed by atoms with Gasteiger partial charge in [-0.1, -0.05) is 44.2 Å². The Morgan fingerprint density at radius 1 is 1.15 bits per heavy atom. The van der Waals surface area contributed by atoms with Crippen molar-refractivity contribution in [3.63, 3.8) is 0 Å². The Balaban J connectivity index is 0.00000172. The summed E-state index contributed by atoms with van der Waals surface area (Å²) in [7, 11) is 0. The molecule has 0 aliphatic carbocycles. The van der Waals surface area contributed by atoms with Crippen LogP contribution >= 0.6 is 0 Å². The molecule has 1 aromatic rings. The average Bonchev–Trinajstić information content (AvgIpc) is 2.40.